The molecule has 4 nitrogen and oxygen atoms in total. The summed E-state index contributed by atoms with van der Waals surface area (Å²) in [4.78, 5) is 4.12. The highest BCUT2D eigenvalue weighted by Crippen LogP contribution is 2.01. The van der Waals surface area contributed by atoms with Gasteiger partial charge >= 0.3 is 0 Å². The molecule has 0 aromatic carbocycles. The quantitative estimate of drug-likeness (QED) is 0.726. The molecule has 0 aliphatic carbocycles. The topological polar surface area (TPSA) is 64.9 Å². The summed E-state index contributed by atoms with van der Waals surface area (Å²) in [5.74, 6) is 1.29. The fourth-order valence-corrected chi connectivity index (χ4v) is 0.840. The van der Waals surface area contributed by atoms with Crippen molar-refractivity contribution >= 4 is 6.08 Å². The molecule has 0 fully saturated rings. The zero-order chi connectivity index (χ0) is 8.81. The van der Waals surface area contributed by atoms with Crippen LogP contribution in [0.15, 0.2) is 10.6 Å². The molecule has 4 heteroatoms. The number of nitrogens with zero attached hydrogens (tertiary/aromatic N) is 2. The Morgan fingerprint density at radius 1 is 1.58 bits per heavy atom. The highest BCUT2D eigenvalue weighted by molar-refractivity contribution is 5.37. The Morgan fingerprint density at radius 3 is 3.08 bits per heavy atom. The van der Waals surface area contributed by atoms with Crippen LogP contribution in [0.3, 0.4) is 0 Å². The molecule has 0 aliphatic rings. The fraction of sp³-hybridized carbons (Fsp3) is 0.500. The third-order valence-electron chi connectivity index (χ3n) is 1.39. The van der Waals surface area contributed by atoms with E-state index < -0.39 is 0 Å². The third kappa shape index (κ3) is 2.47. The lowest BCUT2D eigenvalue weighted by Crippen LogP contribution is -2.00. The maximum atomic E-state index is 5.34. The summed E-state index contributed by atoms with van der Waals surface area (Å²) in [7, 11) is 0. The first kappa shape index (κ1) is 8.93. The number of hydrogen-bond donors (Lipinski definition) is 1. The van der Waals surface area contributed by atoms with E-state index in [1.165, 1.54) is 0 Å². The molecule has 0 atom stereocenters. The first-order chi connectivity index (χ1) is 5.86. The van der Waals surface area contributed by atoms with Gasteiger partial charge in [-0.3, -0.25) is 0 Å². The second-order valence-electron chi connectivity index (χ2n) is 2.44. The summed E-state index contributed by atoms with van der Waals surface area (Å²) < 4.78 is 4.95. The lowest BCUT2D eigenvalue weighted by Gasteiger charge is -1.87. The molecular formula is C8H13N3O. The molecule has 1 rings (SSSR count). The van der Waals surface area contributed by atoms with Gasteiger partial charge in [0.25, 0.3) is 0 Å². The van der Waals surface area contributed by atoms with Gasteiger partial charge in [-0.25, -0.2) is 0 Å². The van der Waals surface area contributed by atoms with Crippen molar-refractivity contribution in [2.45, 2.75) is 19.8 Å². The van der Waals surface area contributed by atoms with Gasteiger partial charge in [0.15, 0.2) is 5.82 Å². The number of hydrogen-bond acceptors (Lipinski definition) is 4. The molecule has 0 saturated heterocycles. The first-order valence-electron chi connectivity index (χ1n) is 4.02. The molecule has 0 unspecified atom stereocenters. The van der Waals surface area contributed by atoms with Gasteiger partial charge < -0.3 is 10.3 Å². The smallest absolute Gasteiger partial charge is 0.226 e. The molecule has 0 amide bonds. The van der Waals surface area contributed by atoms with E-state index >= 15 is 0 Å². The summed E-state index contributed by atoms with van der Waals surface area (Å²) in [5, 5.41) is 3.75. The van der Waals surface area contributed by atoms with E-state index in [2.05, 4.69) is 10.1 Å². The normalized spacial score (nSPS) is 11.2. The van der Waals surface area contributed by atoms with Crippen LogP contribution >= 0.6 is 0 Å². The molecule has 0 saturated carbocycles. The molecule has 0 aliphatic heterocycles. The SMILES string of the molecule is CC=Cc1noc(CCCN)n1. The molecule has 1 heterocycles. The Hall–Kier alpha value is -1.16. The summed E-state index contributed by atoms with van der Waals surface area (Å²) in [6.07, 6.45) is 5.32. The number of rotatable bonds is 4. The number of aromatic nitrogens is 2. The van der Waals surface area contributed by atoms with Crippen molar-refractivity contribution in [3.8, 4) is 0 Å². The third-order valence-corrected chi connectivity index (χ3v) is 1.39. The Kier molecular flexibility index (Phi) is 3.47. The van der Waals surface area contributed by atoms with Crippen LogP contribution in [0.25, 0.3) is 6.08 Å². The minimum absolute atomic E-state index is 0.629. The van der Waals surface area contributed by atoms with Crippen molar-refractivity contribution in [2.75, 3.05) is 6.54 Å². The molecule has 1 aromatic heterocycles. The van der Waals surface area contributed by atoms with Crippen LogP contribution in [-0.4, -0.2) is 16.7 Å². The largest absolute Gasteiger partial charge is 0.339 e. The van der Waals surface area contributed by atoms with Gasteiger partial charge in [0.2, 0.25) is 5.89 Å². The molecule has 66 valence electrons. The Labute approximate surface area is 71.5 Å². The van der Waals surface area contributed by atoms with Crippen molar-refractivity contribution in [3.63, 3.8) is 0 Å². The maximum absolute atomic E-state index is 5.34. The van der Waals surface area contributed by atoms with E-state index in [9.17, 15) is 0 Å². The predicted molar refractivity (Wildman–Crippen MR) is 46.4 cm³/mol. The average Bonchev–Trinajstić information content (AvgIpc) is 2.50. The molecule has 12 heavy (non-hydrogen) atoms. The van der Waals surface area contributed by atoms with Crippen LogP contribution in [0.4, 0.5) is 0 Å². The van der Waals surface area contributed by atoms with Crippen LogP contribution in [0.1, 0.15) is 25.1 Å². The minimum Gasteiger partial charge on any atom is -0.339 e. The summed E-state index contributed by atoms with van der Waals surface area (Å²) >= 11 is 0. The standard InChI is InChI=1S/C8H13N3O/c1-2-4-7-10-8(12-11-7)5-3-6-9/h2,4H,3,5-6,9H2,1H3. The van der Waals surface area contributed by atoms with E-state index in [0.29, 0.717) is 18.3 Å². The van der Waals surface area contributed by atoms with Crippen molar-refractivity contribution in [1.29, 1.82) is 0 Å². The average molecular weight is 167 g/mol. The molecule has 2 N–H and O–H groups in total. The molecular weight excluding hydrogens is 154 g/mol. The van der Waals surface area contributed by atoms with Crippen molar-refractivity contribution in [3.05, 3.63) is 17.8 Å². The van der Waals surface area contributed by atoms with E-state index in [0.717, 1.165) is 12.8 Å². The monoisotopic (exact) mass is 167 g/mol. The predicted octanol–water partition coefficient (Wildman–Crippen LogP) is 0.994. The zero-order valence-electron chi connectivity index (χ0n) is 7.16. The maximum Gasteiger partial charge on any atom is 0.226 e. The summed E-state index contributed by atoms with van der Waals surface area (Å²) in [5.41, 5.74) is 5.34. The fourth-order valence-electron chi connectivity index (χ4n) is 0.840. The molecule has 0 radical (unpaired) electrons. The van der Waals surface area contributed by atoms with Crippen LogP contribution in [-0.2, 0) is 6.42 Å². The molecule has 1 aromatic rings. The highest BCUT2D eigenvalue weighted by Gasteiger charge is 2.01. The Morgan fingerprint density at radius 2 is 2.42 bits per heavy atom. The van der Waals surface area contributed by atoms with Gasteiger partial charge in [-0.05, 0) is 26.0 Å². The van der Waals surface area contributed by atoms with Gasteiger partial charge in [0.1, 0.15) is 0 Å². The van der Waals surface area contributed by atoms with Crippen molar-refractivity contribution < 1.29 is 4.52 Å². The van der Waals surface area contributed by atoms with Crippen molar-refractivity contribution in [2.24, 2.45) is 5.73 Å². The number of aryl methyl sites for hydroxylation is 1. The van der Waals surface area contributed by atoms with Gasteiger partial charge in [-0.2, -0.15) is 4.98 Å². The summed E-state index contributed by atoms with van der Waals surface area (Å²) in [6, 6.07) is 0. The van der Waals surface area contributed by atoms with Crippen LogP contribution < -0.4 is 5.73 Å². The van der Waals surface area contributed by atoms with E-state index in [1.807, 2.05) is 13.0 Å². The Bertz CT molecular complexity index is 255. The molecule has 0 bridgehead atoms. The van der Waals surface area contributed by atoms with Crippen LogP contribution in [0.5, 0.6) is 0 Å². The van der Waals surface area contributed by atoms with Crippen molar-refractivity contribution in [1.82, 2.24) is 10.1 Å². The van der Waals surface area contributed by atoms with Gasteiger partial charge in [0, 0.05) is 6.42 Å². The molecule has 0 spiro atoms. The second-order valence-corrected chi connectivity index (χ2v) is 2.44. The summed E-state index contributed by atoms with van der Waals surface area (Å²) in [6.45, 7) is 2.57. The lowest BCUT2D eigenvalue weighted by atomic mass is 10.3. The lowest BCUT2D eigenvalue weighted by molar-refractivity contribution is 0.374. The first-order valence-corrected chi connectivity index (χ1v) is 4.02. The van der Waals surface area contributed by atoms with E-state index in [1.54, 1.807) is 6.08 Å². The second kappa shape index (κ2) is 4.66. The van der Waals surface area contributed by atoms with E-state index in [-0.39, 0.29) is 0 Å². The zero-order valence-corrected chi connectivity index (χ0v) is 7.16. The number of allylic oxidation sites excluding steroid dienone is 1. The van der Waals surface area contributed by atoms with Gasteiger partial charge in [-0.1, -0.05) is 11.2 Å². The Balaban J connectivity index is 2.52. The van der Waals surface area contributed by atoms with Gasteiger partial charge in [-0.15, -0.1) is 0 Å². The van der Waals surface area contributed by atoms with Crippen LogP contribution in [0.2, 0.25) is 0 Å². The van der Waals surface area contributed by atoms with E-state index in [4.69, 9.17) is 10.3 Å². The number of nitrogens with two attached hydrogens (primary N) is 1. The minimum atomic E-state index is 0.629. The van der Waals surface area contributed by atoms with Gasteiger partial charge in [0.05, 0.1) is 0 Å². The van der Waals surface area contributed by atoms with Crippen LogP contribution in [0, 0.1) is 0 Å². The highest BCUT2D eigenvalue weighted by atomic mass is 16.5.